The van der Waals surface area contributed by atoms with Crippen LogP contribution >= 0.6 is 0 Å². The second-order valence-corrected chi connectivity index (χ2v) is 7.42. The van der Waals surface area contributed by atoms with Gasteiger partial charge in [0, 0.05) is 36.6 Å². The first-order valence-electron chi connectivity index (χ1n) is 10.2. The van der Waals surface area contributed by atoms with E-state index >= 15 is 0 Å². The quantitative estimate of drug-likeness (QED) is 0.499. The van der Waals surface area contributed by atoms with E-state index in [9.17, 15) is 14.4 Å². The molecular formula is C24H27NO4. The minimum Gasteiger partial charge on any atom is -0.494 e. The van der Waals surface area contributed by atoms with Gasteiger partial charge in [0.15, 0.2) is 11.6 Å². The molecule has 0 bridgehead atoms. The number of carbonyl (C=O) groups excluding carboxylic acids is 3. The molecule has 1 saturated heterocycles. The van der Waals surface area contributed by atoms with Gasteiger partial charge in [0.05, 0.1) is 6.61 Å². The molecule has 3 rings (SSSR count). The number of ketones is 2. The molecule has 0 N–H and O–H groups in total. The number of benzene rings is 2. The first-order valence-corrected chi connectivity index (χ1v) is 10.2. The van der Waals surface area contributed by atoms with Crippen LogP contribution in [0.15, 0.2) is 54.6 Å². The van der Waals surface area contributed by atoms with Gasteiger partial charge in [-0.2, -0.15) is 0 Å². The Labute approximate surface area is 171 Å². The van der Waals surface area contributed by atoms with E-state index in [0.29, 0.717) is 43.9 Å². The van der Waals surface area contributed by atoms with Crippen LogP contribution in [0.4, 0.5) is 0 Å². The molecule has 1 aliphatic rings. The van der Waals surface area contributed by atoms with Crippen molar-refractivity contribution in [3.05, 3.63) is 65.7 Å². The maximum atomic E-state index is 12.5. The number of amides is 1. The van der Waals surface area contributed by atoms with Gasteiger partial charge in [-0.05, 0) is 50.5 Å². The van der Waals surface area contributed by atoms with Gasteiger partial charge in [0.1, 0.15) is 5.75 Å². The van der Waals surface area contributed by atoms with Crippen LogP contribution in [0.2, 0.25) is 0 Å². The minimum atomic E-state index is 0.00255. The maximum Gasteiger partial charge on any atom is 0.222 e. The van der Waals surface area contributed by atoms with Crippen LogP contribution in [0, 0.1) is 5.92 Å². The van der Waals surface area contributed by atoms with E-state index in [-0.39, 0.29) is 23.4 Å². The summed E-state index contributed by atoms with van der Waals surface area (Å²) >= 11 is 0. The lowest BCUT2D eigenvalue weighted by Gasteiger charge is -2.31. The second kappa shape index (κ2) is 10.0. The predicted octanol–water partition coefficient (Wildman–Crippen LogP) is 4.17. The SMILES string of the molecule is CC(=O)c1ccc(OCCCC(=O)N2CCC(C(=O)c3ccccc3)CC2)cc1. The zero-order chi connectivity index (χ0) is 20.6. The molecule has 29 heavy (non-hydrogen) atoms. The summed E-state index contributed by atoms with van der Waals surface area (Å²) in [6.45, 7) is 3.25. The zero-order valence-electron chi connectivity index (χ0n) is 16.8. The molecule has 152 valence electrons. The fourth-order valence-corrected chi connectivity index (χ4v) is 3.59. The molecule has 0 saturated carbocycles. The average Bonchev–Trinajstić information content (AvgIpc) is 2.77. The van der Waals surface area contributed by atoms with Crippen molar-refractivity contribution in [1.29, 1.82) is 0 Å². The van der Waals surface area contributed by atoms with Gasteiger partial charge in [-0.15, -0.1) is 0 Å². The van der Waals surface area contributed by atoms with E-state index in [0.717, 1.165) is 18.4 Å². The molecule has 1 amide bonds. The number of nitrogens with zero attached hydrogens (tertiary/aromatic N) is 1. The summed E-state index contributed by atoms with van der Waals surface area (Å²) in [6, 6.07) is 16.4. The highest BCUT2D eigenvalue weighted by Crippen LogP contribution is 2.22. The minimum absolute atomic E-state index is 0.00255. The van der Waals surface area contributed by atoms with Crippen LogP contribution < -0.4 is 4.74 Å². The van der Waals surface area contributed by atoms with Crippen LogP contribution in [0.1, 0.15) is 53.3 Å². The molecule has 0 spiro atoms. The second-order valence-electron chi connectivity index (χ2n) is 7.42. The van der Waals surface area contributed by atoms with E-state index in [1.807, 2.05) is 35.2 Å². The smallest absolute Gasteiger partial charge is 0.222 e. The van der Waals surface area contributed by atoms with E-state index in [1.54, 1.807) is 24.3 Å². The Bertz CT molecular complexity index is 837. The summed E-state index contributed by atoms with van der Waals surface area (Å²) in [5.74, 6) is 1.02. The molecule has 5 heteroatoms. The average molecular weight is 393 g/mol. The highest BCUT2D eigenvalue weighted by Gasteiger charge is 2.27. The van der Waals surface area contributed by atoms with Crippen LogP contribution in [0.5, 0.6) is 5.75 Å². The third kappa shape index (κ3) is 5.76. The lowest BCUT2D eigenvalue weighted by Crippen LogP contribution is -2.40. The molecule has 1 heterocycles. The topological polar surface area (TPSA) is 63.7 Å². The standard InChI is InChI=1S/C24H27NO4/c1-18(26)19-9-11-22(12-10-19)29-17-5-8-23(27)25-15-13-21(14-16-25)24(28)20-6-3-2-4-7-20/h2-4,6-7,9-12,21H,5,8,13-17H2,1H3. The lowest BCUT2D eigenvalue weighted by atomic mass is 9.89. The predicted molar refractivity (Wildman–Crippen MR) is 111 cm³/mol. The largest absolute Gasteiger partial charge is 0.494 e. The summed E-state index contributed by atoms with van der Waals surface area (Å²) in [4.78, 5) is 38.1. The number of hydrogen-bond acceptors (Lipinski definition) is 4. The van der Waals surface area contributed by atoms with E-state index in [1.165, 1.54) is 6.92 Å². The highest BCUT2D eigenvalue weighted by molar-refractivity contribution is 5.98. The first kappa shape index (κ1) is 20.8. The molecule has 1 aliphatic heterocycles. The summed E-state index contributed by atoms with van der Waals surface area (Å²) in [7, 11) is 0. The maximum absolute atomic E-state index is 12.5. The van der Waals surface area contributed by atoms with Gasteiger partial charge in [-0.25, -0.2) is 0 Å². The Morgan fingerprint density at radius 2 is 1.59 bits per heavy atom. The fourth-order valence-electron chi connectivity index (χ4n) is 3.59. The van der Waals surface area contributed by atoms with E-state index < -0.39 is 0 Å². The summed E-state index contributed by atoms with van der Waals surface area (Å²) in [6.07, 6.45) is 2.51. The lowest BCUT2D eigenvalue weighted by molar-refractivity contribution is -0.132. The van der Waals surface area contributed by atoms with Crippen molar-refractivity contribution in [2.45, 2.75) is 32.6 Å². The summed E-state index contributed by atoms with van der Waals surface area (Å²) < 4.78 is 5.65. The van der Waals surface area contributed by atoms with Crippen molar-refractivity contribution < 1.29 is 19.1 Å². The highest BCUT2D eigenvalue weighted by atomic mass is 16.5. The Balaban J connectivity index is 1.36. The Morgan fingerprint density at radius 3 is 2.21 bits per heavy atom. The van der Waals surface area contributed by atoms with Gasteiger partial charge in [-0.3, -0.25) is 14.4 Å². The van der Waals surface area contributed by atoms with Gasteiger partial charge in [-0.1, -0.05) is 30.3 Å². The number of Topliss-reactive ketones (excluding diaryl/α,β-unsaturated/α-hetero) is 2. The molecule has 0 radical (unpaired) electrons. The van der Waals surface area contributed by atoms with Gasteiger partial charge >= 0.3 is 0 Å². The molecule has 2 aromatic rings. The van der Waals surface area contributed by atoms with Gasteiger partial charge in [0.25, 0.3) is 0 Å². The normalized spacial score (nSPS) is 14.4. The summed E-state index contributed by atoms with van der Waals surface area (Å²) in [5.41, 5.74) is 1.41. The third-order valence-corrected chi connectivity index (χ3v) is 5.34. The Hall–Kier alpha value is -2.95. The van der Waals surface area contributed by atoms with Crippen molar-refractivity contribution in [1.82, 2.24) is 4.90 Å². The van der Waals surface area contributed by atoms with Crippen LogP contribution in [0.25, 0.3) is 0 Å². The van der Waals surface area contributed by atoms with Gasteiger partial charge < -0.3 is 9.64 Å². The molecule has 2 aromatic carbocycles. The fraction of sp³-hybridized carbons (Fsp3) is 0.375. The number of ether oxygens (including phenoxy) is 1. The van der Waals surface area contributed by atoms with Crippen molar-refractivity contribution in [2.24, 2.45) is 5.92 Å². The van der Waals surface area contributed by atoms with E-state index in [2.05, 4.69) is 0 Å². The molecule has 0 aromatic heterocycles. The number of rotatable bonds is 8. The number of carbonyl (C=O) groups is 3. The number of likely N-dealkylation sites (tertiary alicyclic amines) is 1. The molecule has 0 atom stereocenters. The molecular weight excluding hydrogens is 366 g/mol. The van der Waals surface area contributed by atoms with Crippen molar-refractivity contribution in [2.75, 3.05) is 19.7 Å². The molecule has 1 fully saturated rings. The molecule has 5 nitrogen and oxygen atoms in total. The monoisotopic (exact) mass is 393 g/mol. The zero-order valence-corrected chi connectivity index (χ0v) is 16.8. The molecule has 0 unspecified atom stereocenters. The first-order chi connectivity index (χ1) is 14.0. The third-order valence-electron chi connectivity index (χ3n) is 5.34. The van der Waals surface area contributed by atoms with Crippen molar-refractivity contribution in [3.63, 3.8) is 0 Å². The number of piperidine rings is 1. The Kier molecular flexibility index (Phi) is 7.17. The Morgan fingerprint density at radius 1 is 0.931 bits per heavy atom. The summed E-state index contributed by atoms with van der Waals surface area (Å²) in [5, 5.41) is 0. The van der Waals surface area contributed by atoms with Gasteiger partial charge in [0.2, 0.25) is 5.91 Å². The van der Waals surface area contributed by atoms with E-state index in [4.69, 9.17) is 4.74 Å². The van der Waals surface area contributed by atoms with Crippen LogP contribution in [0.3, 0.4) is 0 Å². The van der Waals surface area contributed by atoms with Crippen LogP contribution in [-0.4, -0.2) is 42.1 Å². The van der Waals surface area contributed by atoms with Crippen LogP contribution in [-0.2, 0) is 4.79 Å². The molecule has 0 aliphatic carbocycles. The number of hydrogen-bond donors (Lipinski definition) is 0. The van der Waals surface area contributed by atoms with Crippen molar-refractivity contribution >= 4 is 17.5 Å². The van der Waals surface area contributed by atoms with Crippen molar-refractivity contribution in [3.8, 4) is 5.75 Å².